The van der Waals surface area contributed by atoms with E-state index in [1.54, 1.807) is 48.7 Å². The molecule has 0 bridgehead atoms. The Morgan fingerprint density at radius 1 is 1.10 bits per heavy atom. The second kappa shape index (κ2) is 11.0. The zero-order valence-corrected chi connectivity index (χ0v) is 21.9. The highest BCUT2D eigenvalue weighted by atomic mass is 32.2. The lowest BCUT2D eigenvalue weighted by Gasteiger charge is -2.21. The summed E-state index contributed by atoms with van der Waals surface area (Å²) in [6.07, 6.45) is -0.572. The van der Waals surface area contributed by atoms with Crippen LogP contribution in [0.15, 0.2) is 76.4 Å². The van der Waals surface area contributed by atoms with Crippen LogP contribution in [-0.4, -0.2) is 59.3 Å². The average Bonchev–Trinajstić information content (AvgIpc) is 3.30. The maximum Gasteiger partial charge on any atom is 0.490 e. The number of hydrogen-bond donors (Lipinski definition) is 3. The van der Waals surface area contributed by atoms with E-state index >= 15 is 0 Å². The molecule has 2 aromatic carbocycles. The molecule has 210 valence electrons. The Balaban J connectivity index is 0.000000470. The number of rotatable bonds is 6. The van der Waals surface area contributed by atoms with Gasteiger partial charge in [-0.1, -0.05) is 29.8 Å². The van der Waals surface area contributed by atoms with Crippen molar-refractivity contribution in [2.75, 3.05) is 13.1 Å². The molecule has 3 N–H and O–H groups in total. The second-order valence-corrected chi connectivity index (χ2v) is 10.9. The molecule has 0 spiro atoms. The summed E-state index contributed by atoms with van der Waals surface area (Å²) in [6.45, 7) is 2.91. The van der Waals surface area contributed by atoms with Crippen molar-refractivity contribution in [3.05, 3.63) is 94.4 Å². The molecule has 5 rings (SSSR count). The quantitative estimate of drug-likeness (QED) is 0.408. The monoisotopic (exact) mass is 575 g/mol. The van der Waals surface area contributed by atoms with Gasteiger partial charge >= 0.3 is 12.1 Å². The molecular formula is C27H24F3N3O6S. The smallest absolute Gasteiger partial charge is 0.490 e. The number of aliphatic imine (C=N–C) groups is 1. The highest BCUT2D eigenvalue weighted by molar-refractivity contribution is 7.90. The highest BCUT2D eigenvalue weighted by Gasteiger charge is 2.38. The fraction of sp³-hybridized carbons (Fsp3) is 0.222. The summed E-state index contributed by atoms with van der Waals surface area (Å²) in [5.41, 5.74) is 4.49. The number of nitrogens with one attached hydrogen (secondary N) is 1. The van der Waals surface area contributed by atoms with Crippen molar-refractivity contribution in [2.45, 2.75) is 30.8 Å². The number of carbonyl (C=O) groups is 2. The maximum atomic E-state index is 13.5. The number of carboxylic acids is 1. The number of phenolic OH excluding ortho intramolecular Hbond substituents is 1. The number of alkyl halides is 3. The Bertz CT molecular complexity index is 1620. The van der Waals surface area contributed by atoms with Crippen molar-refractivity contribution < 1.29 is 41.4 Å². The summed E-state index contributed by atoms with van der Waals surface area (Å²) >= 11 is 0. The van der Waals surface area contributed by atoms with Gasteiger partial charge in [0.05, 0.1) is 16.3 Å². The Labute approximate surface area is 227 Å². The Kier molecular flexibility index (Phi) is 7.87. The van der Waals surface area contributed by atoms with Crippen LogP contribution in [0.5, 0.6) is 5.75 Å². The van der Waals surface area contributed by atoms with Gasteiger partial charge in [-0.3, -0.25) is 9.79 Å². The van der Waals surface area contributed by atoms with E-state index in [2.05, 4.69) is 10.3 Å². The van der Waals surface area contributed by atoms with Gasteiger partial charge in [-0.05, 0) is 61.2 Å². The van der Waals surface area contributed by atoms with Crippen LogP contribution in [0.25, 0.3) is 0 Å². The summed E-state index contributed by atoms with van der Waals surface area (Å²) in [6, 6.07) is 13.5. The van der Waals surface area contributed by atoms with Crippen molar-refractivity contribution in [2.24, 2.45) is 4.99 Å². The summed E-state index contributed by atoms with van der Waals surface area (Å²) < 4.78 is 59.8. The van der Waals surface area contributed by atoms with E-state index in [-0.39, 0.29) is 22.1 Å². The molecular weight excluding hydrogens is 551 g/mol. The van der Waals surface area contributed by atoms with Gasteiger partial charge in [0.2, 0.25) is 5.78 Å². The molecule has 0 amide bonds. The summed E-state index contributed by atoms with van der Waals surface area (Å²) in [4.78, 5) is 27.0. The number of aromatic hydroxyl groups is 1. The van der Waals surface area contributed by atoms with Gasteiger partial charge in [-0.25, -0.2) is 17.2 Å². The molecule has 1 aromatic heterocycles. The summed E-state index contributed by atoms with van der Waals surface area (Å²) in [5, 5.41) is 19.7. The number of carbonyl (C=O) groups excluding carboxylic acids is 1. The third-order valence-electron chi connectivity index (χ3n) is 6.20. The van der Waals surface area contributed by atoms with Gasteiger partial charge in [0.15, 0.2) is 0 Å². The number of aromatic nitrogens is 1. The van der Waals surface area contributed by atoms with Crippen LogP contribution < -0.4 is 5.32 Å². The van der Waals surface area contributed by atoms with Gasteiger partial charge in [-0.15, -0.1) is 0 Å². The minimum Gasteiger partial charge on any atom is -0.508 e. The number of benzene rings is 2. The summed E-state index contributed by atoms with van der Waals surface area (Å²) in [5.74, 6) is -2.92. The minimum atomic E-state index is -5.08. The summed E-state index contributed by atoms with van der Waals surface area (Å²) in [7, 11) is -3.94. The van der Waals surface area contributed by atoms with Gasteiger partial charge in [-0.2, -0.15) is 13.2 Å². The standard InChI is InChI=1S/C25H23N3O4S.C2HF3O2/c1-16-2-8-20(9-3-16)33(31,32)28-15-18-11-13-26-21-14-22(25(30)24(28)23(18)21)27-12-10-17-4-6-19(29)7-5-17;3-2(4,5)1(6)7/h2-9,14-15,27,29H,10-13H2,1H3;(H,6,7). The molecule has 0 radical (unpaired) electrons. The topological polar surface area (TPSA) is 138 Å². The van der Waals surface area contributed by atoms with Gasteiger partial charge in [0.25, 0.3) is 10.0 Å². The number of aryl methyl sites for hydroxylation is 1. The molecule has 13 heteroatoms. The van der Waals surface area contributed by atoms with E-state index < -0.39 is 22.2 Å². The number of nitrogens with zero attached hydrogens (tertiary/aromatic N) is 2. The Morgan fingerprint density at radius 3 is 2.33 bits per heavy atom. The molecule has 1 aliphatic heterocycles. The minimum absolute atomic E-state index is 0.138. The number of Topliss-reactive ketones (excluding diaryl/α,β-unsaturated/α-hetero) is 1. The molecule has 0 atom stereocenters. The maximum absolute atomic E-state index is 13.5. The van der Waals surface area contributed by atoms with Crippen molar-refractivity contribution in [3.8, 4) is 5.75 Å². The van der Waals surface area contributed by atoms with E-state index in [1.807, 2.05) is 19.1 Å². The largest absolute Gasteiger partial charge is 0.508 e. The fourth-order valence-corrected chi connectivity index (χ4v) is 5.58. The first-order valence-electron chi connectivity index (χ1n) is 12.0. The molecule has 0 unspecified atom stereocenters. The van der Waals surface area contributed by atoms with Gasteiger partial charge < -0.3 is 15.5 Å². The van der Waals surface area contributed by atoms with Crippen LogP contribution >= 0.6 is 0 Å². The number of phenols is 1. The number of carboxylic acid groups (broad SMARTS) is 1. The molecule has 0 fully saturated rings. The average molecular weight is 576 g/mol. The third kappa shape index (κ3) is 5.93. The molecule has 0 saturated heterocycles. The Hall–Kier alpha value is -4.39. The van der Waals surface area contributed by atoms with Crippen molar-refractivity contribution in [1.82, 2.24) is 9.29 Å². The third-order valence-corrected chi connectivity index (χ3v) is 7.87. The predicted molar refractivity (Wildman–Crippen MR) is 139 cm³/mol. The van der Waals surface area contributed by atoms with Crippen LogP contribution in [0, 0.1) is 6.92 Å². The van der Waals surface area contributed by atoms with E-state index in [0.29, 0.717) is 42.9 Å². The van der Waals surface area contributed by atoms with Crippen molar-refractivity contribution in [3.63, 3.8) is 0 Å². The molecule has 2 heterocycles. The van der Waals surface area contributed by atoms with E-state index in [9.17, 15) is 31.5 Å². The molecule has 0 saturated carbocycles. The number of aliphatic carboxylic acids is 1. The fourth-order valence-electron chi connectivity index (χ4n) is 4.19. The highest BCUT2D eigenvalue weighted by Crippen LogP contribution is 2.32. The van der Waals surface area contributed by atoms with E-state index in [1.165, 1.54) is 0 Å². The van der Waals surface area contributed by atoms with Crippen LogP contribution in [-0.2, 0) is 27.7 Å². The first kappa shape index (κ1) is 28.6. The lowest BCUT2D eigenvalue weighted by molar-refractivity contribution is -0.192. The van der Waals surface area contributed by atoms with Crippen molar-refractivity contribution >= 4 is 27.5 Å². The van der Waals surface area contributed by atoms with Crippen LogP contribution in [0.1, 0.15) is 32.7 Å². The SMILES string of the molecule is Cc1ccc(S(=O)(=O)n2cc3c4c2C(=O)C(NCCc2ccc(O)cc2)=CC4=NCC3)cc1.O=C(O)C(F)(F)F. The lowest BCUT2D eigenvalue weighted by atomic mass is 9.92. The molecule has 3 aromatic rings. The lowest BCUT2D eigenvalue weighted by Crippen LogP contribution is -2.32. The zero-order chi connectivity index (χ0) is 29.2. The molecule has 1 aliphatic carbocycles. The molecule has 9 nitrogen and oxygen atoms in total. The van der Waals surface area contributed by atoms with E-state index in [4.69, 9.17) is 9.90 Å². The number of allylic oxidation sites excluding steroid dienone is 2. The molecule has 40 heavy (non-hydrogen) atoms. The van der Waals surface area contributed by atoms with E-state index in [0.717, 1.165) is 20.7 Å². The number of hydrogen-bond acceptors (Lipinski definition) is 7. The Morgan fingerprint density at radius 2 is 1.73 bits per heavy atom. The predicted octanol–water partition coefficient (Wildman–Crippen LogP) is 3.63. The van der Waals surface area contributed by atoms with Crippen LogP contribution in [0.4, 0.5) is 13.2 Å². The number of ketones is 1. The second-order valence-electron chi connectivity index (χ2n) is 9.04. The van der Waals surface area contributed by atoms with Crippen molar-refractivity contribution in [1.29, 1.82) is 0 Å². The zero-order valence-electron chi connectivity index (χ0n) is 21.1. The normalized spacial score (nSPS) is 14.3. The first-order chi connectivity index (χ1) is 18.8. The van der Waals surface area contributed by atoms with Gasteiger partial charge in [0.1, 0.15) is 11.4 Å². The molecule has 2 aliphatic rings. The van der Waals surface area contributed by atoms with Crippen LogP contribution in [0.3, 0.4) is 0 Å². The van der Waals surface area contributed by atoms with Gasteiger partial charge in [0, 0.05) is 24.8 Å². The first-order valence-corrected chi connectivity index (χ1v) is 13.4. The van der Waals surface area contributed by atoms with Crippen LogP contribution in [0.2, 0.25) is 0 Å². The number of halogens is 3.